The van der Waals surface area contributed by atoms with E-state index in [1.165, 1.54) is 16.8 Å². The van der Waals surface area contributed by atoms with E-state index in [0.717, 1.165) is 24.5 Å². The van der Waals surface area contributed by atoms with Crippen molar-refractivity contribution in [1.82, 2.24) is 0 Å². The first-order valence-corrected chi connectivity index (χ1v) is 7.54. The van der Waals surface area contributed by atoms with Gasteiger partial charge in [0.15, 0.2) is 11.5 Å². The number of aliphatic hydroxyl groups is 1. The zero-order valence-corrected chi connectivity index (χ0v) is 12.7. The fourth-order valence-electron chi connectivity index (χ4n) is 4.22. The van der Waals surface area contributed by atoms with Gasteiger partial charge in [-0.05, 0) is 25.0 Å². The molecule has 2 heterocycles. The molecule has 2 aliphatic heterocycles. The van der Waals surface area contributed by atoms with Crippen molar-refractivity contribution >= 4 is 5.69 Å². The van der Waals surface area contributed by atoms with Crippen LogP contribution in [-0.2, 0) is 5.41 Å². The van der Waals surface area contributed by atoms with Crippen molar-refractivity contribution in [2.24, 2.45) is 0 Å². The van der Waals surface area contributed by atoms with Crippen molar-refractivity contribution in [3.8, 4) is 11.5 Å². The predicted molar refractivity (Wildman–Crippen MR) is 81.5 cm³/mol. The fourth-order valence-corrected chi connectivity index (χ4v) is 4.22. The molecule has 1 aromatic carbocycles. The van der Waals surface area contributed by atoms with Gasteiger partial charge in [-0.3, -0.25) is 0 Å². The maximum atomic E-state index is 9.96. The molecule has 0 amide bonds. The Bertz CT molecular complexity index is 639. The maximum absolute atomic E-state index is 9.96. The molecule has 1 spiro atoms. The minimum atomic E-state index is -0.412. The van der Waals surface area contributed by atoms with E-state index >= 15 is 0 Å². The number of rotatable bonds is 1. The first kappa shape index (κ1) is 13.0. The average molecular weight is 287 g/mol. The smallest absolute Gasteiger partial charge is 0.167 e. The Kier molecular flexibility index (Phi) is 2.58. The summed E-state index contributed by atoms with van der Waals surface area (Å²) in [4.78, 5) is 2.31. The molecule has 1 N–H and O–H groups in total. The van der Waals surface area contributed by atoms with Gasteiger partial charge < -0.3 is 19.5 Å². The highest BCUT2D eigenvalue weighted by molar-refractivity contribution is 5.75. The van der Waals surface area contributed by atoms with Gasteiger partial charge in [-0.2, -0.15) is 0 Å². The lowest BCUT2D eigenvalue weighted by Crippen LogP contribution is -2.47. The molecule has 2 unspecified atom stereocenters. The van der Waals surface area contributed by atoms with E-state index in [1.54, 1.807) is 7.11 Å². The zero-order chi connectivity index (χ0) is 14.8. The van der Waals surface area contributed by atoms with Gasteiger partial charge in [-0.1, -0.05) is 12.2 Å². The third-order valence-corrected chi connectivity index (χ3v) is 5.24. The second-order valence-corrected chi connectivity index (χ2v) is 6.43. The van der Waals surface area contributed by atoms with Gasteiger partial charge in [0, 0.05) is 31.3 Å². The SMILES string of the molecule is COc1cc(C)c2c3c1OC1C[C@H](O)C=CC31CCN2C. The largest absolute Gasteiger partial charge is 0.493 e. The molecule has 0 aromatic heterocycles. The number of ether oxygens (including phenoxy) is 2. The van der Waals surface area contributed by atoms with Crippen LogP contribution in [-0.4, -0.2) is 38.0 Å². The van der Waals surface area contributed by atoms with Crippen molar-refractivity contribution in [2.45, 2.75) is 37.4 Å². The summed E-state index contributed by atoms with van der Waals surface area (Å²) >= 11 is 0. The Morgan fingerprint density at radius 3 is 3.05 bits per heavy atom. The van der Waals surface area contributed by atoms with Gasteiger partial charge >= 0.3 is 0 Å². The van der Waals surface area contributed by atoms with Crippen molar-refractivity contribution in [3.63, 3.8) is 0 Å². The van der Waals surface area contributed by atoms with Crippen LogP contribution in [0, 0.1) is 6.92 Å². The van der Waals surface area contributed by atoms with E-state index < -0.39 is 6.10 Å². The Hall–Kier alpha value is -1.68. The Morgan fingerprint density at radius 2 is 2.29 bits per heavy atom. The maximum Gasteiger partial charge on any atom is 0.167 e. The number of aryl methyl sites for hydroxylation is 1. The molecule has 4 heteroatoms. The highest BCUT2D eigenvalue weighted by Gasteiger charge is 2.54. The summed E-state index contributed by atoms with van der Waals surface area (Å²) < 4.78 is 11.8. The Balaban J connectivity index is 2.02. The van der Waals surface area contributed by atoms with Gasteiger partial charge in [0.25, 0.3) is 0 Å². The standard InChI is InChI=1S/C17H21NO3/c1-10-8-12(20-3)16-14-15(10)18(2)7-6-17(14)5-4-11(19)9-13(17)21-16/h4-5,8,11,13,19H,6-7,9H2,1-3H3/t11-,13?,17?/m1/s1. The third kappa shape index (κ3) is 1.54. The van der Waals surface area contributed by atoms with Crippen LogP contribution in [0.3, 0.4) is 0 Å². The van der Waals surface area contributed by atoms with Crippen molar-refractivity contribution in [3.05, 3.63) is 29.3 Å². The minimum absolute atomic E-state index is 0.00986. The van der Waals surface area contributed by atoms with E-state index in [1.807, 2.05) is 6.08 Å². The number of anilines is 1. The summed E-state index contributed by atoms with van der Waals surface area (Å²) in [6.07, 6.45) is 5.37. The number of hydrogen-bond donors (Lipinski definition) is 1. The molecular formula is C17H21NO3. The fraction of sp³-hybridized carbons (Fsp3) is 0.529. The van der Waals surface area contributed by atoms with Crippen LogP contribution >= 0.6 is 0 Å². The molecule has 21 heavy (non-hydrogen) atoms. The number of hydrogen-bond acceptors (Lipinski definition) is 4. The molecule has 0 saturated carbocycles. The van der Waals surface area contributed by atoms with Crippen LogP contribution in [0.15, 0.2) is 18.2 Å². The monoisotopic (exact) mass is 287 g/mol. The lowest BCUT2D eigenvalue weighted by Gasteiger charge is -2.42. The summed E-state index contributed by atoms with van der Waals surface area (Å²) in [5.74, 6) is 1.67. The van der Waals surface area contributed by atoms with Crippen molar-refractivity contribution < 1.29 is 14.6 Å². The van der Waals surface area contributed by atoms with E-state index in [2.05, 4.69) is 31.0 Å². The van der Waals surface area contributed by atoms with Crippen molar-refractivity contribution in [1.29, 1.82) is 0 Å². The van der Waals surface area contributed by atoms with Crippen LogP contribution < -0.4 is 14.4 Å². The first-order chi connectivity index (χ1) is 10.1. The van der Waals surface area contributed by atoms with E-state index in [-0.39, 0.29) is 11.5 Å². The lowest BCUT2D eigenvalue weighted by molar-refractivity contribution is 0.0846. The van der Waals surface area contributed by atoms with Crippen molar-refractivity contribution in [2.75, 3.05) is 25.6 Å². The van der Waals surface area contributed by atoms with Crippen LogP contribution in [0.25, 0.3) is 0 Å². The predicted octanol–water partition coefficient (Wildman–Crippen LogP) is 2.16. The molecule has 3 atom stereocenters. The summed E-state index contributed by atoms with van der Waals surface area (Å²) in [5.41, 5.74) is 3.63. The molecule has 112 valence electrons. The molecule has 0 saturated heterocycles. The molecular weight excluding hydrogens is 266 g/mol. The quantitative estimate of drug-likeness (QED) is 0.804. The highest BCUT2D eigenvalue weighted by Crippen LogP contribution is 2.59. The van der Waals surface area contributed by atoms with Crippen LogP contribution in [0.2, 0.25) is 0 Å². The van der Waals surface area contributed by atoms with Gasteiger partial charge in [-0.15, -0.1) is 0 Å². The van der Waals surface area contributed by atoms with E-state index in [9.17, 15) is 5.11 Å². The Labute approximate surface area is 125 Å². The van der Waals surface area contributed by atoms with Gasteiger partial charge in [-0.25, -0.2) is 0 Å². The number of nitrogens with zero attached hydrogens (tertiary/aromatic N) is 1. The third-order valence-electron chi connectivity index (χ3n) is 5.24. The van der Waals surface area contributed by atoms with Gasteiger partial charge in [0.2, 0.25) is 0 Å². The molecule has 4 rings (SSSR count). The molecule has 0 radical (unpaired) electrons. The summed E-state index contributed by atoms with van der Waals surface area (Å²) in [5, 5.41) is 9.96. The van der Waals surface area contributed by atoms with E-state index in [4.69, 9.17) is 9.47 Å². The van der Waals surface area contributed by atoms with Gasteiger partial charge in [0.05, 0.1) is 18.6 Å². The molecule has 0 fully saturated rings. The van der Waals surface area contributed by atoms with Crippen LogP contribution in [0.1, 0.15) is 24.0 Å². The molecule has 4 nitrogen and oxygen atoms in total. The highest BCUT2D eigenvalue weighted by atomic mass is 16.5. The molecule has 1 aliphatic carbocycles. The molecule has 3 aliphatic rings. The molecule has 0 bridgehead atoms. The zero-order valence-electron chi connectivity index (χ0n) is 12.7. The Morgan fingerprint density at radius 1 is 1.48 bits per heavy atom. The summed E-state index contributed by atoms with van der Waals surface area (Å²) in [7, 11) is 3.82. The second kappa shape index (κ2) is 4.17. The topological polar surface area (TPSA) is 41.9 Å². The average Bonchev–Trinajstić information content (AvgIpc) is 2.79. The summed E-state index contributed by atoms with van der Waals surface area (Å²) in [6, 6.07) is 2.06. The number of benzene rings is 1. The molecule has 1 aromatic rings. The lowest BCUT2D eigenvalue weighted by atomic mass is 9.67. The van der Waals surface area contributed by atoms with Crippen LogP contribution in [0.4, 0.5) is 5.69 Å². The number of methoxy groups -OCH3 is 1. The number of aliphatic hydroxyl groups excluding tert-OH is 1. The first-order valence-electron chi connectivity index (χ1n) is 7.54. The summed E-state index contributed by atoms with van der Waals surface area (Å²) in [6.45, 7) is 3.13. The van der Waals surface area contributed by atoms with E-state index in [0.29, 0.717) is 6.42 Å². The van der Waals surface area contributed by atoms with Gasteiger partial charge in [0.1, 0.15) is 6.10 Å². The second-order valence-electron chi connectivity index (χ2n) is 6.43. The van der Waals surface area contributed by atoms with Crippen LogP contribution in [0.5, 0.6) is 11.5 Å². The minimum Gasteiger partial charge on any atom is -0.493 e. The normalized spacial score (nSPS) is 32.5.